The zero-order valence-corrected chi connectivity index (χ0v) is 15.2. The average Bonchev–Trinajstić information content (AvgIpc) is 2.59. The molecule has 2 aromatic rings. The van der Waals surface area contributed by atoms with Crippen LogP contribution in [0.1, 0.15) is 36.7 Å². The van der Waals surface area contributed by atoms with Gasteiger partial charge in [-0.25, -0.2) is 13.8 Å². The third-order valence-corrected chi connectivity index (χ3v) is 3.90. The Morgan fingerprint density at radius 2 is 1.93 bits per heavy atom. The van der Waals surface area contributed by atoms with Gasteiger partial charge in [-0.1, -0.05) is 19.9 Å². The highest BCUT2D eigenvalue weighted by Gasteiger charge is 2.27. The summed E-state index contributed by atoms with van der Waals surface area (Å²) < 4.78 is 26.9. The number of aliphatic hydroxyl groups is 1. The molecule has 0 spiro atoms. The molecular formula is C19H21F2N3O3. The summed E-state index contributed by atoms with van der Waals surface area (Å²) >= 11 is 0. The van der Waals surface area contributed by atoms with Gasteiger partial charge < -0.3 is 15.7 Å². The van der Waals surface area contributed by atoms with Crippen LogP contribution in [0.15, 0.2) is 36.5 Å². The molecule has 0 bridgehead atoms. The molecule has 2 rings (SSSR count). The number of hydrogen-bond donors (Lipinski definition) is 3. The largest absolute Gasteiger partial charge is 0.383 e. The predicted molar refractivity (Wildman–Crippen MR) is 96.0 cm³/mol. The smallest absolute Gasteiger partial charge is 0.251 e. The van der Waals surface area contributed by atoms with Crippen molar-refractivity contribution < 1.29 is 23.5 Å². The van der Waals surface area contributed by atoms with Crippen molar-refractivity contribution in [2.45, 2.75) is 26.4 Å². The van der Waals surface area contributed by atoms with Crippen molar-refractivity contribution >= 4 is 17.6 Å². The normalized spacial score (nSPS) is 13.1. The summed E-state index contributed by atoms with van der Waals surface area (Å²) in [6.07, 6.45) is 1.36. The summed E-state index contributed by atoms with van der Waals surface area (Å²) in [5, 5.41) is 15.5. The molecule has 0 saturated heterocycles. The van der Waals surface area contributed by atoms with Crippen molar-refractivity contribution in [2.75, 3.05) is 11.9 Å². The molecule has 1 aromatic carbocycles. The minimum absolute atomic E-state index is 0.135. The molecule has 27 heavy (non-hydrogen) atoms. The van der Waals surface area contributed by atoms with E-state index in [-0.39, 0.29) is 35.3 Å². The molecule has 1 heterocycles. The second-order valence-electron chi connectivity index (χ2n) is 6.65. The maximum absolute atomic E-state index is 13.9. The van der Waals surface area contributed by atoms with Crippen LogP contribution in [-0.4, -0.2) is 28.4 Å². The van der Waals surface area contributed by atoms with E-state index in [0.29, 0.717) is 6.07 Å². The van der Waals surface area contributed by atoms with E-state index in [4.69, 9.17) is 0 Å². The van der Waals surface area contributed by atoms with Crippen molar-refractivity contribution in [1.29, 1.82) is 0 Å². The van der Waals surface area contributed by atoms with E-state index in [9.17, 15) is 23.5 Å². The van der Waals surface area contributed by atoms with E-state index < -0.39 is 23.1 Å². The molecular weight excluding hydrogens is 356 g/mol. The number of halogens is 2. The molecule has 0 saturated carbocycles. The molecule has 3 N–H and O–H groups in total. The van der Waals surface area contributed by atoms with Crippen LogP contribution >= 0.6 is 0 Å². The highest BCUT2D eigenvalue weighted by Crippen LogP contribution is 2.23. The third-order valence-electron chi connectivity index (χ3n) is 3.90. The van der Waals surface area contributed by atoms with Gasteiger partial charge in [0.1, 0.15) is 23.1 Å². The number of benzene rings is 1. The van der Waals surface area contributed by atoms with Gasteiger partial charge in [0.15, 0.2) is 0 Å². The fraction of sp³-hybridized carbons (Fsp3) is 0.316. The van der Waals surface area contributed by atoms with Crippen molar-refractivity contribution in [3.63, 3.8) is 0 Å². The van der Waals surface area contributed by atoms with Crippen LogP contribution in [0, 0.1) is 17.6 Å². The standard InChI is InChI=1S/C19H21F2N3O3/c1-11(2)17(25)24-16-8-12(6-7-22-16)18(26)23-10-19(3,27)14-5-4-13(20)9-15(14)21/h4-9,11,27H,10H2,1-3H3,(H,23,26)(H,22,24,25). The lowest BCUT2D eigenvalue weighted by atomic mass is 9.95. The monoisotopic (exact) mass is 377 g/mol. The number of hydrogen-bond acceptors (Lipinski definition) is 4. The van der Waals surface area contributed by atoms with Gasteiger partial charge in [0, 0.05) is 29.3 Å². The lowest BCUT2D eigenvalue weighted by Crippen LogP contribution is -2.39. The fourth-order valence-electron chi connectivity index (χ4n) is 2.29. The lowest BCUT2D eigenvalue weighted by Gasteiger charge is -2.24. The summed E-state index contributed by atoms with van der Waals surface area (Å²) in [6, 6.07) is 5.65. The van der Waals surface area contributed by atoms with Gasteiger partial charge in [0.05, 0.1) is 6.54 Å². The van der Waals surface area contributed by atoms with Crippen molar-refractivity contribution in [1.82, 2.24) is 10.3 Å². The zero-order chi connectivity index (χ0) is 20.2. The number of carbonyl (C=O) groups is 2. The SMILES string of the molecule is CC(C)C(=O)Nc1cc(C(=O)NCC(C)(O)c2ccc(F)cc2F)ccn1. The molecule has 0 radical (unpaired) electrons. The number of carbonyl (C=O) groups excluding carboxylic acids is 2. The van der Waals surface area contributed by atoms with E-state index in [1.165, 1.54) is 25.3 Å². The van der Waals surface area contributed by atoms with Crippen LogP contribution in [0.4, 0.5) is 14.6 Å². The summed E-state index contributed by atoms with van der Waals surface area (Å²) in [6.45, 7) is 4.46. The average molecular weight is 377 g/mol. The van der Waals surface area contributed by atoms with Crippen LogP contribution in [0.2, 0.25) is 0 Å². The molecule has 1 aromatic heterocycles. The molecule has 144 valence electrons. The Labute approximate surface area is 155 Å². The Balaban J connectivity index is 2.07. The number of nitrogens with one attached hydrogen (secondary N) is 2. The Morgan fingerprint density at radius 3 is 2.56 bits per heavy atom. The Bertz CT molecular complexity index is 854. The van der Waals surface area contributed by atoms with Gasteiger partial charge >= 0.3 is 0 Å². The first-order chi connectivity index (χ1) is 12.6. The Morgan fingerprint density at radius 1 is 1.22 bits per heavy atom. The highest BCUT2D eigenvalue weighted by molar-refractivity contribution is 5.96. The predicted octanol–water partition coefficient (Wildman–Crippen LogP) is 2.59. The van der Waals surface area contributed by atoms with Gasteiger partial charge in [0.25, 0.3) is 5.91 Å². The first-order valence-corrected chi connectivity index (χ1v) is 8.33. The van der Waals surface area contributed by atoms with E-state index in [1.807, 2.05) is 0 Å². The van der Waals surface area contributed by atoms with Gasteiger partial charge in [-0.3, -0.25) is 9.59 Å². The van der Waals surface area contributed by atoms with Crippen LogP contribution in [0.5, 0.6) is 0 Å². The number of nitrogens with zero attached hydrogens (tertiary/aromatic N) is 1. The zero-order valence-electron chi connectivity index (χ0n) is 15.2. The van der Waals surface area contributed by atoms with Gasteiger partial charge in [-0.2, -0.15) is 0 Å². The van der Waals surface area contributed by atoms with Crippen molar-refractivity contribution in [2.24, 2.45) is 5.92 Å². The fourth-order valence-corrected chi connectivity index (χ4v) is 2.29. The Kier molecular flexibility index (Phi) is 6.22. The van der Waals surface area contributed by atoms with Gasteiger partial charge in [-0.15, -0.1) is 0 Å². The maximum Gasteiger partial charge on any atom is 0.251 e. The first kappa shape index (κ1) is 20.4. The molecule has 0 aliphatic carbocycles. The first-order valence-electron chi connectivity index (χ1n) is 8.33. The summed E-state index contributed by atoms with van der Waals surface area (Å²) in [4.78, 5) is 28.0. The van der Waals surface area contributed by atoms with Crippen LogP contribution in [-0.2, 0) is 10.4 Å². The van der Waals surface area contributed by atoms with E-state index >= 15 is 0 Å². The number of pyridine rings is 1. The molecule has 6 nitrogen and oxygen atoms in total. The van der Waals surface area contributed by atoms with E-state index in [0.717, 1.165) is 12.1 Å². The van der Waals surface area contributed by atoms with Gasteiger partial charge in [-0.05, 0) is 25.1 Å². The number of amides is 2. The molecule has 8 heteroatoms. The summed E-state index contributed by atoms with van der Waals surface area (Å²) in [7, 11) is 0. The van der Waals surface area contributed by atoms with E-state index in [2.05, 4.69) is 15.6 Å². The highest BCUT2D eigenvalue weighted by atomic mass is 19.1. The Hall–Kier alpha value is -2.87. The second-order valence-corrected chi connectivity index (χ2v) is 6.65. The number of aromatic nitrogens is 1. The van der Waals surface area contributed by atoms with Crippen LogP contribution in [0.3, 0.4) is 0 Å². The summed E-state index contributed by atoms with van der Waals surface area (Å²) in [5.74, 6) is -2.47. The molecule has 2 amide bonds. The summed E-state index contributed by atoms with van der Waals surface area (Å²) in [5.41, 5.74) is -1.67. The molecule has 1 unspecified atom stereocenters. The molecule has 0 aliphatic rings. The van der Waals surface area contributed by atoms with Crippen LogP contribution < -0.4 is 10.6 Å². The molecule has 0 aliphatic heterocycles. The number of anilines is 1. The minimum Gasteiger partial charge on any atom is -0.383 e. The second kappa shape index (κ2) is 8.22. The molecule has 0 fully saturated rings. The quantitative estimate of drug-likeness (QED) is 0.722. The topological polar surface area (TPSA) is 91.3 Å². The van der Waals surface area contributed by atoms with Gasteiger partial charge in [0.2, 0.25) is 5.91 Å². The van der Waals surface area contributed by atoms with Crippen molar-refractivity contribution in [3.8, 4) is 0 Å². The maximum atomic E-state index is 13.9. The minimum atomic E-state index is -1.74. The molecule has 1 atom stereocenters. The lowest BCUT2D eigenvalue weighted by molar-refractivity contribution is -0.118. The number of rotatable bonds is 6. The van der Waals surface area contributed by atoms with Crippen molar-refractivity contribution in [3.05, 3.63) is 59.3 Å². The third kappa shape index (κ3) is 5.30. The van der Waals surface area contributed by atoms with E-state index in [1.54, 1.807) is 13.8 Å². The van der Waals surface area contributed by atoms with Crippen LogP contribution in [0.25, 0.3) is 0 Å².